The molecule has 0 aliphatic carbocycles. The van der Waals surface area contributed by atoms with Crippen molar-refractivity contribution in [2.75, 3.05) is 0 Å². The van der Waals surface area contributed by atoms with E-state index < -0.39 is 0 Å². The molecule has 0 bridgehead atoms. The number of benzene rings is 1. The van der Waals surface area contributed by atoms with E-state index in [9.17, 15) is 0 Å². The molecule has 0 unspecified atom stereocenters. The van der Waals surface area contributed by atoms with Gasteiger partial charge in [0.1, 0.15) is 6.07 Å². The zero-order valence-electron chi connectivity index (χ0n) is 5.34. The fraction of sp³-hybridized carbons (Fsp3) is 0. The zero-order chi connectivity index (χ0) is 8.27. The van der Waals surface area contributed by atoms with Crippen molar-refractivity contribution in [3.63, 3.8) is 0 Å². The van der Waals surface area contributed by atoms with E-state index in [1.807, 2.05) is 12.1 Å². The minimum absolute atomic E-state index is 0.625. The molecule has 1 aromatic rings. The molecule has 0 amide bonds. The van der Waals surface area contributed by atoms with Gasteiger partial charge in [0.2, 0.25) is 0 Å². The molecule has 0 heterocycles. The Hall–Kier alpha value is -0.170. The first-order valence-electron chi connectivity index (χ1n) is 2.76. The van der Waals surface area contributed by atoms with Crippen LogP contribution in [-0.4, -0.2) is 0 Å². The van der Waals surface area contributed by atoms with E-state index in [1.165, 1.54) is 0 Å². The van der Waals surface area contributed by atoms with Crippen molar-refractivity contribution in [1.82, 2.24) is 0 Å². The Labute approximate surface area is 82.0 Å². The van der Waals surface area contributed by atoms with Crippen LogP contribution in [0.2, 0.25) is 0 Å². The Kier molecular flexibility index (Phi) is 3.25. The summed E-state index contributed by atoms with van der Waals surface area (Å²) in [6.45, 7) is 0. The van der Waals surface area contributed by atoms with E-state index in [-0.39, 0.29) is 0 Å². The van der Waals surface area contributed by atoms with Crippen molar-refractivity contribution in [1.29, 1.82) is 5.26 Å². The third-order valence-electron chi connectivity index (χ3n) is 1.15. The fourth-order valence-corrected chi connectivity index (χ4v) is 1.82. The number of rotatable bonds is 1. The quantitative estimate of drug-likeness (QED) is 0.759. The Bertz CT molecular complexity index is 308. The summed E-state index contributed by atoms with van der Waals surface area (Å²) in [7, 11) is 6.64. The highest BCUT2D eigenvalue weighted by Gasteiger charge is 1.99. The Morgan fingerprint density at radius 1 is 1.55 bits per heavy atom. The molecule has 1 nitrogen and oxygen atoms in total. The molecule has 56 valence electrons. The highest BCUT2D eigenvalue weighted by molar-refractivity contribution is 9.10. The summed E-state index contributed by atoms with van der Waals surface area (Å²) in [5.74, 6) is 0. The molecule has 4 heteroatoms. The van der Waals surface area contributed by atoms with Gasteiger partial charge in [-0.1, -0.05) is 0 Å². The van der Waals surface area contributed by atoms with Crippen LogP contribution in [0.1, 0.15) is 5.56 Å². The lowest BCUT2D eigenvalue weighted by molar-refractivity contribution is 1.39. The second-order valence-corrected chi connectivity index (χ2v) is 3.77. The number of nitriles is 1. The van der Waals surface area contributed by atoms with Gasteiger partial charge in [-0.3, -0.25) is 0 Å². The summed E-state index contributed by atoms with van der Waals surface area (Å²) in [4.78, 5) is 0.928. The molecule has 0 saturated heterocycles. The van der Waals surface area contributed by atoms with Gasteiger partial charge in [-0.25, -0.2) is 0 Å². The van der Waals surface area contributed by atoms with Crippen molar-refractivity contribution in [2.45, 2.75) is 4.90 Å². The lowest BCUT2D eigenvalue weighted by Crippen LogP contribution is -1.76. The van der Waals surface area contributed by atoms with E-state index >= 15 is 0 Å². The molecule has 1 aromatic carbocycles. The minimum Gasteiger partial charge on any atom is -0.192 e. The van der Waals surface area contributed by atoms with Gasteiger partial charge in [-0.2, -0.15) is 5.26 Å². The van der Waals surface area contributed by atoms with Gasteiger partial charge in [0.25, 0.3) is 0 Å². The van der Waals surface area contributed by atoms with Gasteiger partial charge in [0.05, 0.1) is 5.56 Å². The van der Waals surface area contributed by atoms with E-state index in [0.29, 0.717) is 5.56 Å². The van der Waals surface area contributed by atoms with E-state index in [1.54, 1.807) is 12.1 Å². The topological polar surface area (TPSA) is 23.8 Å². The maximum absolute atomic E-state index is 8.56. The number of hydrogen-bond donors (Lipinski definition) is 0. The highest BCUT2D eigenvalue weighted by atomic mass is 79.9. The number of halogens is 2. The maximum atomic E-state index is 8.56. The standard InChI is InChI=1S/C7H3BrClNS/c8-7-3-6(11-9)2-1-5(7)4-10/h1-3H. The second-order valence-electron chi connectivity index (χ2n) is 1.83. The predicted octanol–water partition coefficient (Wildman–Crippen LogP) is 3.57. The highest BCUT2D eigenvalue weighted by Crippen LogP contribution is 2.26. The SMILES string of the molecule is N#Cc1ccc(SCl)cc1Br. The van der Waals surface area contributed by atoms with Gasteiger partial charge in [0.15, 0.2) is 0 Å². The van der Waals surface area contributed by atoms with Crippen molar-refractivity contribution < 1.29 is 0 Å². The van der Waals surface area contributed by atoms with Crippen LogP contribution in [0.5, 0.6) is 0 Å². The fourth-order valence-electron chi connectivity index (χ4n) is 0.634. The summed E-state index contributed by atoms with van der Waals surface area (Å²) in [5.41, 5.74) is 0.625. The van der Waals surface area contributed by atoms with Crippen LogP contribution in [0.25, 0.3) is 0 Å². The van der Waals surface area contributed by atoms with Gasteiger partial charge < -0.3 is 0 Å². The van der Waals surface area contributed by atoms with E-state index in [4.69, 9.17) is 15.9 Å². The van der Waals surface area contributed by atoms with E-state index in [2.05, 4.69) is 15.9 Å². The first-order chi connectivity index (χ1) is 5.27. The van der Waals surface area contributed by atoms with Crippen molar-refractivity contribution in [3.05, 3.63) is 28.2 Å². The molecule has 0 aliphatic rings. The van der Waals surface area contributed by atoms with Gasteiger partial charge in [-0.05, 0) is 55.8 Å². The molecule has 0 saturated carbocycles. The normalized spacial score (nSPS) is 9.18. The zero-order valence-corrected chi connectivity index (χ0v) is 8.50. The summed E-state index contributed by atoms with van der Waals surface area (Å²) >= 11 is 3.25. The van der Waals surface area contributed by atoms with Gasteiger partial charge in [-0.15, -0.1) is 0 Å². The summed E-state index contributed by atoms with van der Waals surface area (Å²) in [6, 6.07) is 7.40. The molecule has 0 aromatic heterocycles. The maximum Gasteiger partial charge on any atom is 0.100 e. The van der Waals surface area contributed by atoms with Crippen LogP contribution in [0.15, 0.2) is 27.6 Å². The van der Waals surface area contributed by atoms with Crippen LogP contribution < -0.4 is 0 Å². The van der Waals surface area contributed by atoms with Crippen molar-refractivity contribution >= 4 is 37.6 Å². The van der Waals surface area contributed by atoms with Gasteiger partial charge in [0, 0.05) is 9.37 Å². The average Bonchev–Trinajstić information content (AvgIpc) is 2.04. The summed E-state index contributed by atoms with van der Waals surface area (Å²) in [6.07, 6.45) is 0. The molecule has 0 atom stereocenters. The average molecular weight is 249 g/mol. The van der Waals surface area contributed by atoms with Crippen LogP contribution in [0.3, 0.4) is 0 Å². The Balaban J connectivity index is 3.12. The number of nitrogens with zero attached hydrogens (tertiary/aromatic N) is 1. The molecule has 0 aliphatic heterocycles. The smallest absolute Gasteiger partial charge is 0.100 e. The van der Waals surface area contributed by atoms with Crippen LogP contribution >= 0.6 is 37.6 Å². The minimum atomic E-state index is 0.625. The van der Waals surface area contributed by atoms with Crippen LogP contribution in [0, 0.1) is 11.3 Å². The molecule has 0 fully saturated rings. The molecule has 1 rings (SSSR count). The van der Waals surface area contributed by atoms with Crippen molar-refractivity contribution in [2.24, 2.45) is 0 Å². The summed E-state index contributed by atoms with van der Waals surface area (Å²) < 4.78 is 0.783. The Morgan fingerprint density at radius 3 is 2.73 bits per heavy atom. The molecular formula is C7H3BrClNS. The summed E-state index contributed by atoms with van der Waals surface area (Å²) in [5, 5.41) is 8.56. The van der Waals surface area contributed by atoms with E-state index in [0.717, 1.165) is 20.3 Å². The largest absolute Gasteiger partial charge is 0.192 e. The van der Waals surface area contributed by atoms with Gasteiger partial charge >= 0.3 is 0 Å². The van der Waals surface area contributed by atoms with Crippen LogP contribution in [0.4, 0.5) is 0 Å². The molecule has 0 radical (unpaired) electrons. The predicted molar refractivity (Wildman–Crippen MR) is 50.6 cm³/mol. The molecule has 0 N–H and O–H groups in total. The Morgan fingerprint density at radius 2 is 2.27 bits per heavy atom. The monoisotopic (exact) mass is 247 g/mol. The third-order valence-corrected chi connectivity index (χ3v) is 2.77. The lowest BCUT2D eigenvalue weighted by atomic mass is 10.2. The van der Waals surface area contributed by atoms with Crippen molar-refractivity contribution in [3.8, 4) is 6.07 Å². The first kappa shape index (κ1) is 8.92. The lowest BCUT2D eigenvalue weighted by Gasteiger charge is -1.96. The van der Waals surface area contributed by atoms with Crippen LogP contribution in [-0.2, 0) is 0 Å². The molecule has 0 spiro atoms. The molecule has 11 heavy (non-hydrogen) atoms. The third kappa shape index (κ3) is 2.13. The number of hydrogen-bond acceptors (Lipinski definition) is 2. The second kappa shape index (κ2) is 4.01. The molecular weight excluding hydrogens is 246 g/mol. The first-order valence-corrected chi connectivity index (χ1v) is 5.19.